The van der Waals surface area contributed by atoms with Crippen molar-refractivity contribution in [3.05, 3.63) is 48.0 Å². The zero-order valence-electron chi connectivity index (χ0n) is 9.46. The molecule has 0 saturated carbocycles. The first-order chi connectivity index (χ1) is 8.09. The molecule has 0 radical (unpaired) electrons. The summed E-state index contributed by atoms with van der Waals surface area (Å²) in [4.78, 5) is 24.4. The Hall–Kier alpha value is -1.94. The molecule has 2 amide bonds. The summed E-state index contributed by atoms with van der Waals surface area (Å²) < 4.78 is 0. The van der Waals surface area contributed by atoms with Crippen molar-refractivity contribution in [2.24, 2.45) is 0 Å². The summed E-state index contributed by atoms with van der Waals surface area (Å²) in [5, 5.41) is 9.56. The third-order valence-electron chi connectivity index (χ3n) is 3.01. The van der Waals surface area contributed by atoms with Gasteiger partial charge in [0, 0.05) is 12.2 Å². The van der Waals surface area contributed by atoms with Crippen molar-refractivity contribution in [1.82, 2.24) is 4.90 Å². The van der Waals surface area contributed by atoms with Gasteiger partial charge >= 0.3 is 0 Å². The fraction of sp³-hybridized carbons (Fsp3) is 0.231. The van der Waals surface area contributed by atoms with E-state index in [9.17, 15) is 14.7 Å². The van der Waals surface area contributed by atoms with E-state index in [4.69, 9.17) is 0 Å². The van der Waals surface area contributed by atoms with Crippen LogP contribution in [0.1, 0.15) is 12.5 Å². The average molecular weight is 231 g/mol. The summed E-state index contributed by atoms with van der Waals surface area (Å²) in [7, 11) is 0. The van der Waals surface area contributed by atoms with Crippen molar-refractivity contribution in [3.8, 4) is 0 Å². The number of benzene rings is 1. The molecule has 4 heteroatoms. The lowest BCUT2D eigenvalue weighted by Gasteiger charge is -2.36. The van der Waals surface area contributed by atoms with Gasteiger partial charge < -0.3 is 5.11 Å². The van der Waals surface area contributed by atoms with Crippen molar-refractivity contribution in [2.45, 2.75) is 12.5 Å². The van der Waals surface area contributed by atoms with Gasteiger partial charge in [-0.2, -0.15) is 0 Å². The first-order valence-corrected chi connectivity index (χ1v) is 5.32. The van der Waals surface area contributed by atoms with Crippen LogP contribution in [-0.4, -0.2) is 28.4 Å². The topological polar surface area (TPSA) is 57.6 Å². The number of amides is 2. The fourth-order valence-electron chi connectivity index (χ4n) is 1.97. The molecule has 1 aliphatic rings. The van der Waals surface area contributed by atoms with E-state index in [-0.39, 0.29) is 6.61 Å². The lowest BCUT2D eigenvalue weighted by molar-refractivity contribution is -0.145. The Morgan fingerprint density at radius 3 is 2.12 bits per heavy atom. The molecule has 0 spiro atoms. The minimum atomic E-state index is -1.01. The smallest absolute Gasteiger partial charge is 0.254 e. The largest absolute Gasteiger partial charge is 0.394 e. The second-order valence-electron chi connectivity index (χ2n) is 4.14. The molecule has 1 atom stereocenters. The minimum Gasteiger partial charge on any atom is -0.394 e. The number of nitrogens with zero attached hydrogens (tertiary/aromatic N) is 1. The summed E-state index contributed by atoms with van der Waals surface area (Å²) >= 11 is 0. The highest BCUT2D eigenvalue weighted by molar-refractivity contribution is 6.13. The average Bonchev–Trinajstić information content (AvgIpc) is 2.70. The summed E-state index contributed by atoms with van der Waals surface area (Å²) in [6, 6.07) is 9.03. The SMILES string of the molecule is CC(CO)(c1ccccc1)N1C(=O)C=CC1=O. The van der Waals surface area contributed by atoms with E-state index >= 15 is 0 Å². The van der Waals surface area contributed by atoms with Gasteiger partial charge in [-0.25, -0.2) is 0 Å². The van der Waals surface area contributed by atoms with Gasteiger partial charge in [0.05, 0.1) is 12.1 Å². The molecule has 0 fully saturated rings. The number of aliphatic hydroxyl groups excluding tert-OH is 1. The van der Waals surface area contributed by atoms with Gasteiger partial charge in [0.2, 0.25) is 0 Å². The van der Waals surface area contributed by atoms with Gasteiger partial charge in [0.25, 0.3) is 11.8 Å². The van der Waals surface area contributed by atoms with Gasteiger partial charge in [0.1, 0.15) is 0 Å². The van der Waals surface area contributed by atoms with Gasteiger partial charge in [0.15, 0.2) is 0 Å². The maximum Gasteiger partial charge on any atom is 0.254 e. The Kier molecular flexibility index (Phi) is 2.81. The van der Waals surface area contributed by atoms with Crippen molar-refractivity contribution >= 4 is 11.8 Å². The van der Waals surface area contributed by atoms with Gasteiger partial charge in [-0.15, -0.1) is 0 Å². The molecule has 0 bridgehead atoms. The standard InChI is InChI=1S/C13H13NO3/c1-13(9-15,10-5-3-2-4-6-10)14-11(16)7-8-12(14)17/h2-8,15H,9H2,1H3. The van der Waals surface area contributed by atoms with Crippen molar-refractivity contribution < 1.29 is 14.7 Å². The van der Waals surface area contributed by atoms with E-state index in [1.54, 1.807) is 19.1 Å². The fourth-order valence-corrected chi connectivity index (χ4v) is 1.97. The molecule has 1 N–H and O–H groups in total. The molecule has 17 heavy (non-hydrogen) atoms. The van der Waals surface area contributed by atoms with Crippen LogP contribution < -0.4 is 0 Å². The third-order valence-corrected chi connectivity index (χ3v) is 3.01. The summed E-state index contributed by atoms with van der Waals surface area (Å²) in [5.41, 5.74) is -0.285. The van der Waals surface area contributed by atoms with E-state index in [1.807, 2.05) is 18.2 Å². The maximum atomic E-state index is 11.7. The molecule has 1 aromatic rings. The van der Waals surface area contributed by atoms with Gasteiger partial charge in [-0.05, 0) is 12.5 Å². The monoisotopic (exact) mass is 231 g/mol. The predicted molar refractivity (Wildman–Crippen MR) is 61.9 cm³/mol. The number of rotatable bonds is 3. The Balaban J connectivity index is 2.45. The molecule has 0 aromatic heterocycles. The highest BCUT2D eigenvalue weighted by Crippen LogP contribution is 2.30. The molecule has 2 rings (SSSR count). The van der Waals surface area contributed by atoms with Crippen molar-refractivity contribution in [2.75, 3.05) is 6.61 Å². The summed E-state index contributed by atoms with van der Waals surface area (Å²) in [6.07, 6.45) is 2.44. The quantitative estimate of drug-likeness (QED) is 0.783. The van der Waals surface area contributed by atoms with E-state index in [0.29, 0.717) is 0 Å². The van der Waals surface area contributed by atoms with Crippen molar-refractivity contribution in [3.63, 3.8) is 0 Å². The second kappa shape index (κ2) is 4.14. The Labute approximate surface area is 99.2 Å². The van der Waals surface area contributed by atoms with Crippen LogP contribution in [0.4, 0.5) is 0 Å². The Bertz CT molecular complexity index is 463. The Morgan fingerprint density at radius 1 is 1.12 bits per heavy atom. The first-order valence-electron chi connectivity index (χ1n) is 5.32. The number of carbonyl (C=O) groups excluding carboxylic acids is 2. The molecule has 0 saturated heterocycles. The predicted octanol–water partition coefficient (Wildman–Crippen LogP) is 0.819. The van der Waals surface area contributed by atoms with Crippen molar-refractivity contribution in [1.29, 1.82) is 0 Å². The normalized spacial score (nSPS) is 18.6. The highest BCUT2D eigenvalue weighted by Gasteiger charge is 2.41. The van der Waals surface area contributed by atoms with Gasteiger partial charge in [-0.1, -0.05) is 30.3 Å². The van der Waals surface area contributed by atoms with E-state index < -0.39 is 17.4 Å². The number of imide groups is 1. The van der Waals surface area contributed by atoms with E-state index in [0.717, 1.165) is 10.5 Å². The van der Waals surface area contributed by atoms with Crippen LogP contribution >= 0.6 is 0 Å². The number of aliphatic hydroxyl groups is 1. The molecule has 0 aliphatic carbocycles. The van der Waals surface area contributed by atoms with E-state index in [2.05, 4.69) is 0 Å². The van der Waals surface area contributed by atoms with Crippen LogP contribution in [0, 0.1) is 0 Å². The zero-order valence-corrected chi connectivity index (χ0v) is 9.46. The number of hydrogen-bond acceptors (Lipinski definition) is 3. The molecule has 1 unspecified atom stereocenters. The van der Waals surface area contributed by atoms with Crippen LogP contribution in [0.5, 0.6) is 0 Å². The number of hydrogen-bond donors (Lipinski definition) is 1. The summed E-state index contributed by atoms with van der Waals surface area (Å²) in [5.74, 6) is -0.786. The summed E-state index contributed by atoms with van der Waals surface area (Å²) in [6.45, 7) is 1.36. The van der Waals surface area contributed by atoms with Crippen LogP contribution in [0.3, 0.4) is 0 Å². The zero-order chi connectivity index (χ0) is 12.5. The van der Waals surface area contributed by atoms with E-state index in [1.165, 1.54) is 12.2 Å². The Morgan fingerprint density at radius 2 is 1.65 bits per heavy atom. The van der Waals surface area contributed by atoms with Crippen LogP contribution in [0.25, 0.3) is 0 Å². The van der Waals surface area contributed by atoms with Crippen LogP contribution in [-0.2, 0) is 15.1 Å². The molecule has 4 nitrogen and oxygen atoms in total. The maximum absolute atomic E-state index is 11.7. The number of carbonyl (C=O) groups is 2. The molecular formula is C13H13NO3. The van der Waals surface area contributed by atoms with Gasteiger partial charge in [-0.3, -0.25) is 14.5 Å². The highest BCUT2D eigenvalue weighted by atomic mass is 16.3. The van der Waals surface area contributed by atoms with Crippen LogP contribution in [0.2, 0.25) is 0 Å². The lowest BCUT2D eigenvalue weighted by atomic mass is 9.91. The molecule has 1 aliphatic heterocycles. The molecule has 1 heterocycles. The minimum absolute atomic E-state index is 0.309. The first kappa shape index (κ1) is 11.5. The lowest BCUT2D eigenvalue weighted by Crippen LogP contribution is -2.50. The molecule has 1 aromatic carbocycles. The van der Waals surface area contributed by atoms with Crippen LogP contribution in [0.15, 0.2) is 42.5 Å². The third kappa shape index (κ3) is 1.76. The second-order valence-corrected chi connectivity index (χ2v) is 4.14. The molecular weight excluding hydrogens is 218 g/mol. The molecule has 88 valence electrons.